The van der Waals surface area contributed by atoms with Crippen LogP contribution in [0.25, 0.3) is 0 Å². The Morgan fingerprint density at radius 2 is 1.87 bits per heavy atom. The number of hydrogen-bond donors (Lipinski definition) is 1. The van der Waals surface area contributed by atoms with E-state index in [2.05, 4.69) is 24.3 Å². The molecule has 120 valence electrons. The second-order valence-corrected chi connectivity index (χ2v) is 6.46. The summed E-state index contributed by atoms with van der Waals surface area (Å²) in [6, 6.07) is 15.7. The lowest BCUT2D eigenvalue weighted by molar-refractivity contribution is 0.0713. The zero-order valence-electron chi connectivity index (χ0n) is 13.0. The normalized spacial score (nSPS) is 15.7. The molecule has 0 radical (unpaired) electrons. The molecule has 1 heterocycles. The van der Waals surface area contributed by atoms with Gasteiger partial charge in [-0.05, 0) is 48.1 Å². The second-order valence-electron chi connectivity index (χ2n) is 6.03. The van der Waals surface area contributed by atoms with Crippen LogP contribution in [0.4, 0.5) is 0 Å². The first-order valence-corrected chi connectivity index (χ1v) is 8.39. The Labute approximate surface area is 142 Å². The third-order valence-corrected chi connectivity index (χ3v) is 4.75. The van der Waals surface area contributed by atoms with Crippen molar-refractivity contribution in [2.24, 2.45) is 5.73 Å². The summed E-state index contributed by atoms with van der Waals surface area (Å²) in [6.45, 7) is 2.13. The third kappa shape index (κ3) is 3.74. The van der Waals surface area contributed by atoms with E-state index in [1.807, 2.05) is 17.0 Å². The fraction of sp³-hybridized carbons (Fsp3) is 0.316. The molecule has 3 rings (SSSR count). The summed E-state index contributed by atoms with van der Waals surface area (Å²) >= 11 is 5.98. The van der Waals surface area contributed by atoms with Gasteiger partial charge in [0.1, 0.15) is 0 Å². The van der Waals surface area contributed by atoms with Crippen molar-refractivity contribution in [3.05, 3.63) is 70.2 Å². The van der Waals surface area contributed by atoms with Gasteiger partial charge in [0.25, 0.3) is 5.91 Å². The first-order valence-electron chi connectivity index (χ1n) is 8.01. The van der Waals surface area contributed by atoms with E-state index in [0.29, 0.717) is 23.0 Å². The molecule has 0 aromatic heterocycles. The van der Waals surface area contributed by atoms with Gasteiger partial charge in [0.05, 0.1) is 0 Å². The Kier molecular flexibility index (Phi) is 4.99. The molecule has 1 aliphatic heterocycles. The molecule has 3 nitrogen and oxygen atoms in total. The Morgan fingerprint density at radius 3 is 2.57 bits per heavy atom. The van der Waals surface area contributed by atoms with Crippen LogP contribution in [0.1, 0.15) is 40.2 Å². The van der Waals surface area contributed by atoms with Crippen LogP contribution in [0.15, 0.2) is 48.5 Å². The SMILES string of the molecule is NCc1cccc(C2CCN(C(=O)c3cccc(Cl)c3)CC2)c1. The number of carbonyl (C=O) groups is 1. The van der Waals surface area contributed by atoms with Crippen LogP contribution in [0, 0.1) is 0 Å². The van der Waals surface area contributed by atoms with Gasteiger partial charge in [0.2, 0.25) is 0 Å². The lowest BCUT2D eigenvalue weighted by Gasteiger charge is -2.32. The highest BCUT2D eigenvalue weighted by atomic mass is 35.5. The average Bonchev–Trinajstić information content (AvgIpc) is 2.61. The monoisotopic (exact) mass is 328 g/mol. The van der Waals surface area contributed by atoms with Crippen molar-refractivity contribution >= 4 is 17.5 Å². The van der Waals surface area contributed by atoms with E-state index in [0.717, 1.165) is 25.9 Å². The number of carbonyl (C=O) groups excluding carboxylic acids is 1. The van der Waals surface area contributed by atoms with Gasteiger partial charge in [0.15, 0.2) is 0 Å². The van der Waals surface area contributed by atoms with E-state index in [-0.39, 0.29) is 5.91 Å². The summed E-state index contributed by atoms with van der Waals surface area (Å²) in [5, 5.41) is 0.601. The van der Waals surface area contributed by atoms with Crippen LogP contribution in [-0.2, 0) is 6.54 Å². The highest BCUT2D eigenvalue weighted by Gasteiger charge is 2.24. The van der Waals surface area contributed by atoms with Gasteiger partial charge in [-0.2, -0.15) is 0 Å². The Balaban J connectivity index is 1.65. The number of halogens is 1. The van der Waals surface area contributed by atoms with E-state index in [1.54, 1.807) is 12.1 Å². The number of nitrogens with two attached hydrogens (primary N) is 1. The van der Waals surface area contributed by atoms with Gasteiger partial charge in [-0.15, -0.1) is 0 Å². The van der Waals surface area contributed by atoms with Gasteiger partial charge in [-0.1, -0.05) is 41.9 Å². The molecule has 0 spiro atoms. The highest BCUT2D eigenvalue weighted by Crippen LogP contribution is 2.29. The van der Waals surface area contributed by atoms with E-state index < -0.39 is 0 Å². The Hall–Kier alpha value is -1.84. The van der Waals surface area contributed by atoms with Crippen molar-refractivity contribution in [1.82, 2.24) is 4.90 Å². The van der Waals surface area contributed by atoms with Gasteiger partial charge >= 0.3 is 0 Å². The molecule has 2 aromatic carbocycles. The zero-order valence-corrected chi connectivity index (χ0v) is 13.8. The Bertz CT molecular complexity index is 693. The number of piperidine rings is 1. The van der Waals surface area contributed by atoms with Gasteiger partial charge < -0.3 is 10.6 Å². The molecule has 0 bridgehead atoms. The minimum atomic E-state index is 0.0710. The van der Waals surface area contributed by atoms with Crippen LogP contribution in [0.2, 0.25) is 5.02 Å². The molecule has 1 fully saturated rings. The first kappa shape index (κ1) is 16.0. The van der Waals surface area contributed by atoms with Crippen molar-refractivity contribution in [1.29, 1.82) is 0 Å². The second kappa shape index (κ2) is 7.16. The van der Waals surface area contributed by atoms with Gasteiger partial charge in [-0.25, -0.2) is 0 Å². The number of benzene rings is 2. The smallest absolute Gasteiger partial charge is 0.253 e. The molecule has 0 saturated carbocycles. The van der Waals surface area contributed by atoms with Crippen molar-refractivity contribution in [3.63, 3.8) is 0 Å². The van der Waals surface area contributed by atoms with Crippen molar-refractivity contribution in [3.8, 4) is 0 Å². The summed E-state index contributed by atoms with van der Waals surface area (Å²) < 4.78 is 0. The fourth-order valence-electron chi connectivity index (χ4n) is 3.19. The molecule has 23 heavy (non-hydrogen) atoms. The standard InChI is InChI=1S/C19H21ClN2O/c20-18-6-2-5-17(12-18)19(23)22-9-7-15(8-10-22)16-4-1-3-14(11-16)13-21/h1-6,11-12,15H,7-10,13,21H2. The van der Waals surface area contributed by atoms with Gasteiger partial charge in [0, 0.05) is 30.2 Å². The molecular formula is C19H21ClN2O. The maximum atomic E-state index is 12.5. The van der Waals surface area contributed by atoms with Crippen molar-refractivity contribution in [2.75, 3.05) is 13.1 Å². The summed E-state index contributed by atoms with van der Waals surface area (Å²) in [7, 11) is 0. The lowest BCUT2D eigenvalue weighted by atomic mass is 9.88. The summed E-state index contributed by atoms with van der Waals surface area (Å²) in [5.74, 6) is 0.576. The number of amides is 1. The maximum Gasteiger partial charge on any atom is 0.253 e. The molecule has 4 heteroatoms. The lowest BCUT2D eigenvalue weighted by Crippen LogP contribution is -2.37. The summed E-state index contributed by atoms with van der Waals surface area (Å²) in [4.78, 5) is 14.5. The molecule has 1 amide bonds. The molecule has 0 atom stereocenters. The molecule has 0 aliphatic carbocycles. The number of nitrogens with zero attached hydrogens (tertiary/aromatic N) is 1. The maximum absolute atomic E-state index is 12.5. The van der Waals surface area contributed by atoms with E-state index in [4.69, 9.17) is 17.3 Å². The quantitative estimate of drug-likeness (QED) is 0.931. The van der Waals surface area contributed by atoms with Crippen molar-refractivity contribution < 1.29 is 4.79 Å². The van der Waals surface area contributed by atoms with Gasteiger partial charge in [-0.3, -0.25) is 4.79 Å². The number of rotatable bonds is 3. The van der Waals surface area contributed by atoms with E-state index in [1.165, 1.54) is 11.1 Å². The van der Waals surface area contributed by atoms with Crippen LogP contribution in [0.5, 0.6) is 0 Å². The predicted octanol–water partition coefficient (Wildman–Crippen LogP) is 3.82. The third-order valence-electron chi connectivity index (χ3n) is 4.51. The molecule has 1 saturated heterocycles. The van der Waals surface area contributed by atoms with Crippen LogP contribution < -0.4 is 5.73 Å². The summed E-state index contributed by atoms with van der Waals surface area (Å²) in [6.07, 6.45) is 1.97. The molecule has 2 aromatic rings. The average molecular weight is 329 g/mol. The minimum absolute atomic E-state index is 0.0710. The predicted molar refractivity (Wildman–Crippen MR) is 93.7 cm³/mol. The summed E-state index contributed by atoms with van der Waals surface area (Å²) in [5.41, 5.74) is 8.89. The molecular weight excluding hydrogens is 308 g/mol. The Morgan fingerprint density at radius 1 is 1.13 bits per heavy atom. The van der Waals surface area contributed by atoms with E-state index >= 15 is 0 Å². The van der Waals surface area contributed by atoms with Crippen LogP contribution >= 0.6 is 11.6 Å². The first-order chi connectivity index (χ1) is 11.2. The highest BCUT2D eigenvalue weighted by molar-refractivity contribution is 6.30. The fourth-order valence-corrected chi connectivity index (χ4v) is 3.38. The minimum Gasteiger partial charge on any atom is -0.339 e. The van der Waals surface area contributed by atoms with E-state index in [9.17, 15) is 4.79 Å². The van der Waals surface area contributed by atoms with Crippen LogP contribution in [0.3, 0.4) is 0 Å². The zero-order chi connectivity index (χ0) is 16.2. The molecule has 2 N–H and O–H groups in total. The van der Waals surface area contributed by atoms with Crippen LogP contribution in [-0.4, -0.2) is 23.9 Å². The number of hydrogen-bond acceptors (Lipinski definition) is 2. The molecule has 1 aliphatic rings. The molecule has 0 unspecified atom stereocenters. The largest absolute Gasteiger partial charge is 0.339 e. The topological polar surface area (TPSA) is 46.3 Å². The van der Waals surface area contributed by atoms with Crippen molar-refractivity contribution in [2.45, 2.75) is 25.3 Å². The number of likely N-dealkylation sites (tertiary alicyclic amines) is 1.